The van der Waals surface area contributed by atoms with Gasteiger partial charge in [0.25, 0.3) is 5.95 Å². The zero-order chi connectivity index (χ0) is 21.1. The molecule has 0 amide bonds. The van der Waals surface area contributed by atoms with Gasteiger partial charge in [0.15, 0.2) is 0 Å². The van der Waals surface area contributed by atoms with Gasteiger partial charge in [0.2, 0.25) is 5.43 Å². The van der Waals surface area contributed by atoms with Gasteiger partial charge in [-0.05, 0) is 24.1 Å². The van der Waals surface area contributed by atoms with E-state index in [1.54, 1.807) is 12.1 Å². The monoisotopic (exact) mass is 396 g/mol. The Balaban J connectivity index is 0.000000537. The van der Waals surface area contributed by atoms with Crippen LogP contribution in [0.4, 0.5) is 0 Å². The van der Waals surface area contributed by atoms with Gasteiger partial charge >= 0.3 is 0 Å². The van der Waals surface area contributed by atoms with Gasteiger partial charge in [0.1, 0.15) is 22.3 Å². The number of ether oxygens (including phenoxy) is 1. The highest BCUT2D eigenvalue weighted by atomic mass is 16.6. The minimum Gasteiger partial charge on any atom is -0.507 e. The minimum absolute atomic E-state index is 0.0871. The van der Waals surface area contributed by atoms with Gasteiger partial charge in [-0.3, -0.25) is 4.79 Å². The van der Waals surface area contributed by atoms with Crippen LogP contribution in [0.25, 0.3) is 22.1 Å². The lowest BCUT2D eigenvalue weighted by molar-refractivity contribution is 0.241. The van der Waals surface area contributed by atoms with E-state index in [2.05, 4.69) is 20.8 Å². The number of unbranched alkanes of at least 4 members (excludes halogenated alkanes) is 4. The zero-order valence-corrected chi connectivity index (χ0v) is 17.7. The largest absolute Gasteiger partial charge is 0.507 e. The maximum Gasteiger partial charge on any atom is 0.297 e. The quantitative estimate of drug-likeness (QED) is 0.419. The fourth-order valence-electron chi connectivity index (χ4n) is 3.03. The summed E-state index contributed by atoms with van der Waals surface area (Å²) in [5.41, 5.74) is 1.10. The minimum atomic E-state index is -0.286. The number of benzene rings is 2. The molecule has 3 aromatic rings. The van der Waals surface area contributed by atoms with Crippen molar-refractivity contribution in [2.24, 2.45) is 0 Å². The van der Waals surface area contributed by atoms with Crippen molar-refractivity contribution in [3.63, 3.8) is 0 Å². The number of phenolic OH excluding ortho intramolecular Hbond substituents is 1. The third-order valence-electron chi connectivity index (χ3n) is 4.62. The first-order valence-corrected chi connectivity index (χ1v) is 10.6. The lowest BCUT2D eigenvalue weighted by Crippen LogP contribution is -2.09. The Morgan fingerprint density at radius 1 is 0.862 bits per heavy atom. The van der Waals surface area contributed by atoms with Crippen LogP contribution in [0.5, 0.6) is 11.7 Å². The van der Waals surface area contributed by atoms with Crippen molar-refractivity contribution in [1.29, 1.82) is 0 Å². The summed E-state index contributed by atoms with van der Waals surface area (Å²) in [6, 6.07) is 14.0. The van der Waals surface area contributed by atoms with Crippen molar-refractivity contribution in [2.45, 2.75) is 59.3 Å². The topological polar surface area (TPSA) is 59.7 Å². The first kappa shape index (κ1) is 22.5. The molecule has 0 saturated carbocycles. The van der Waals surface area contributed by atoms with Crippen molar-refractivity contribution in [2.75, 3.05) is 6.61 Å². The molecule has 1 aromatic heterocycles. The molecule has 0 radical (unpaired) electrons. The highest BCUT2D eigenvalue weighted by molar-refractivity contribution is 5.88. The van der Waals surface area contributed by atoms with Crippen LogP contribution in [-0.2, 0) is 0 Å². The van der Waals surface area contributed by atoms with E-state index in [0.717, 1.165) is 19.3 Å². The third-order valence-corrected chi connectivity index (χ3v) is 4.62. The van der Waals surface area contributed by atoms with Crippen LogP contribution in [0, 0.1) is 0 Å². The summed E-state index contributed by atoms with van der Waals surface area (Å²) in [5.74, 6) is 0.122. The fourth-order valence-corrected chi connectivity index (χ4v) is 3.03. The SMILES string of the molecule is CCCCC.CCCCCOc1oc2cccc(O)c2c(=O)c1-c1ccccc1. The second-order valence-electron chi connectivity index (χ2n) is 7.02. The molecule has 0 saturated heterocycles. The van der Waals surface area contributed by atoms with E-state index >= 15 is 0 Å². The Hall–Kier alpha value is -2.75. The van der Waals surface area contributed by atoms with Crippen LogP contribution >= 0.6 is 0 Å². The van der Waals surface area contributed by atoms with Crippen LogP contribution in [0.2, 0.25) is 0 Å². The van der Waals surface area contributed by atoms with E-state index in [9.17, 15) is 9.90 Å². The molecule has 0 spiro atoms. The van der Waals surface area contributed by atoms with Gasteiger partial charge in [-0.15, -0.1) is 0 Å². The molecule has 1 N–H and O–H groups in total. The predicted molar refractivity (Wildman–Crippen MR) is 120 cm³/mol. The van der Waals surface area contributed by atoms with Gasteiger partial charge in [-0.25, -0.2) is 0 Å². The van der Waals surface area contributed by atoms with E-state index in [4.69, 9.17) is 9.15 Å². The molecule has 0 aliphatic rings. The van der Waals surface area contributed by atoms with Gasteiger partial charge < -0.3 is 14.3 Å². The molecular weight excluding hydrogens is 364 g/mol. The number of aromatic hydroxyl groups is 1. The maximum absolute atomic E-state index is 13.0. The van der Waals surface area contributed by atoms with Gasteiger partial charge in [-0.2, -0.15) is 0 Å². The highest BCUT2D eigenvalue weighted by Crippen LogP contribution is 2.33. The molecule has 0 fully saturated rings. The van der Waals surface area contributed by atoms with E-state index in [1.807, 2.05) is 30.3 Å². The van der Waals surface area contributed by atoms with Crippen molar-refractivity contribution in [3.05, 3.63) is 58.8 Å². The standard InChI is InChI=1S/C20H20O4.C5H12/c1-2-3-7-13-23-20-17(14-9-5-4-6-10-14)19(22)18-15(21)11-8-12-16(18)24-20;1-3-5-4-2/h4-6,8-12,21H,2-3,7,13H2,1H3;3-5H2,1-2H3. The van der Waals surface area contributed by atoms with E-state index in [0.29, 0.717) is 23.3 Å². The van der Waals surface area contributed by atoms with E-state index in [-0.39, 0.29) is 22.5 Å². The number of hydrogen-bond acceptors (Lipinski definition) is 4. The molecule has 0 unspecified atom stereocenters. The van der Waals surface area contributed by atoms with Crippen LogP contribution < -0.4 is 10.2 Å². The molecule has 2 aromatic carbocycles. The molecule has 0 aliphatic carbocycles. The van der Waals surface area contributed by atoms with Gasteiger partial charge in [0, 0.05) is 0 Å². The Morgan fingerprint density at radius 3 is 2.17 bits per heavy atom. The van der Waals surface area contributed by atoms with Gasteiger partial charge in [0.05, 0.1) is 6.61 Å². The van der Waals surface area contributed by atoms with Crippen molar-refractivity contribution in [1.82, 2.24) is 0 Å². The molecule has 0 bridgehead atoms. The Morgan fingerprint density at radius 2 is 1.55 bits per heavy atom. The smallest absolute Gasteiger partial charge is 0.297 e. The molecule has 4 heteroatoms. The van der Waals surface area contributed by atoms with Gasteiger partial charge in [-0.1, -0.05) is 89.3 Å². The average Bonchev–Trinajstić information content (AvgIpc) is 2.73. The Bertz CT molecular complexity index is 927. The molecule has 0 aliphatic heterocycles. The number of rotatable bonds is 8. The molecule has 4 nitrogen and oxygen atoms in total. The fraction of sp³-hybridized carbons (Fsp3) is 0.400. The number of phenols is 1. The summed E-state index contributed by atoms with van der Waals surface area (Å²) >= 11 is 0. The second kappa shape index (κ2) is 11.9. The van der Waals surface area contributed by atoms with Crippen molar-refractivity contribution < 1.29 is 14.3 Å². The van der Waals surface area contributed by atoms with Crippen LogP contribution in [0.3, 0.4) is 0 Å². The lowest BCUT2D eigenvalue weighted by Gasteiger charge is -2.11. The van der Waals surface area contributed by atoms with E-state index < -0.39 is 0 Å². The third kappa shape index (κ3) is 6.11. The Kier molecular flexibility index (Phi) is 9.29. The molecule has 0 atom stereocenters. The first-order chi connectivity index (χ1) is 14.1. The first-order valence-electron chi connectivity index (χ1n) is 10.6. The molecule has 29 heavy (non-hydrogen) atoms. The van der Waals surface area contributed by atoms with Crippen molar-refractivity contribution in [3.8, 4) is 22.8 Å². The Labute approximate surface area is 173 Å². The lowest BCUT2D eigenvalue weighted by atomic mass is 10.0. The predicted octanol–water partition coefficient (Wildman–Crippen LogP) is 6.93. The molecule has 156 valence electrons. The average molecular weight is 397 g/mol. The summed E-state index contributed by atoms with van der Waals surface area (Å²) < 4.78 is 11.6. The van der Waals surface area contributed by atoms with Crippen molar-refractivity contribution >= 4 is 11.0 Å². The summed E-state index contributed by atoms with van der Waals surface area (Å²) in [5, 5.41) is 10.2. The van der Waals surface area contributed by atoms with Crippen LogP contribution in [0.1, 0.15) is 59.3 Å². The van der Waals surface area contributed by atoms with Crippen LogP contribution in [0.15, 0.2) is 57.7 Å². The maximum atomic E-state index is 13.0. The molecule has 1 heterocycles. The summed E-state index contributed by atoms with van der Waals surface area (Å²) in [4.78, 5) is 13.0. The normalized spacial score (nSPS) is 10.4. The number of fused-ring (bicyclic) bond motifs is 1. The summed E-state index contributed by atoms with van der Waals surface area (Å²) in [6.07, 6.45) is 7.11. The molecular formula is C25H32O4. The molecule has 3 rings (SSSR count). The summed E-state index contributed by atoms with van der Waals surface area (Å²) in [6.45, 7) is 7.03. The summed E-state index contributed by atoms with van der Waals surface area (Å²) in [7, 11) is 0. The second-order valence-corrected chi connectivity index (χ2v) is 7.02. The van der Waals surface area contributed by atoms with Crippen LogP contribution in [-0.4, -0.2) is 11.7 Å². The van der Waals surface area contributed by atoms with E-state index in [1.165, 1.54) is 25.3 Å². The number of hydrogen-bond donors (Lipinski definition) is 1. The zero-order valence-electron chi connectivity index (χ0n) is 17.7. The highest BCUT2D eigenvalue weighted by Gasteiger charge is 2.19.